The minimum Gasteiger partial charge on any atom is -0.496 e. The maximum Gasteiger partial charge on any atom is 0.337 e. The average molecular weight is 642 g/mol. The van der Waals surface area contributed by atoms with Gasteiger partial charge in [0.25, 0.3) is 0 Å². The Kier molecular flexibility index (Phi) is 10.1. The molecule has 47 heavy (non-hydrogen) atoms. The van der Waals surface area contributed by atoms with E-state index in [-0.39, 0.29) is 5.41 Å². The van der Waals surface area contributed by atoms with Gasteiger partial charge in [-0.25, -0.2) is 4.79 Å². The molecule has 7 nitrogen and oxygen atoms in total. The highest BCUT2D eigenvalue weighted by Gasteiger charge is 2.36. The number of carboxylic acids is 1. The molecule has 254 valence electrons. The van der Waals surface area contributed by atoms with Crippen molar-refractivity contribution in [2.75, 3.05) is 31.6 Å². The number of aryl methyl sites for hydroxylation is 2. The van der Waals surface area contributed by atoms with Crippen LogP contribution in [0, 0.1) is 19.3 Å². The Morgan fingerprint density at radius 1 is 1.00 bits per heavy atom. The second-order valence-corrected chi connectivity index (χ2v) is 15.7. The van der Waals surface area contributed by atoms with E-state index in [4.69, 9.17) is 14.5 Å². The van der Waals surface area contributed by atoms with E-state index in [9.17, 15) is 9.90 Å². The van der Waals surface area contributed by atoms with E-state index in [1.165, 1.54) is 22.3 Å². The van der Waals surface area contributed by atoms with E-state index >= 15 is 0 Å². The third kappa shape index (κ3) is 7.84. The number of pyridine rings is 1. The van der Waals surface area contributed by atoms with Crippen molar-refractivity contribution in [2.45, 2.75) is 112 Å². The minimum atomic E-state index is -1.12. The van der Waals surface area contributed by atoms with E-state index < -0.39 is 17.7 Å². The molecule has 7 heteroatoms. The number of benzene rings is 2. The van der Waals surface area contributed by atoms with E-state index in [2.05, 4.69) is 80.8 Å². The standard InChI is InChI=1S/C40H55N3O4/c1-25(2)28-13-14-33(46-10)32(21-28)24-42-18-15-29-22-30(11-12-31(29)23-42)34-26(3)41-27(4)35(37(38(44)45)47-39(5,6)7)36(34)43-19-16-40(8,9)17-20-43/h11-14,21-22,25,37H,15-20,23-24H2,1-10H3,(H,44,45)/t37-/m0/s1. The topological polar surface area (TPSA) is 75.1 Å². The zero-order chi connectivity index (χ0) is 34.3. The summed E-state index contributed by atoms with van der Waals surface area (Å²) in [6.45, 7) is 23.2. The average Bonchev–Trinajstić information content (AvgIpc) is 2.99. The fraction of sp³-hybridized carbons (Fsp3) is 0.550. The third-order valence-corrected chi connectivity index (χ3v) is 9.92. The molecule has 1 saturated heterocycles. The van der Waals surface area contributed by atoms with Crippen molar-refractivity contribution >= 4 is 11.7 Å². The van der Waals surface area contributed by atoms with Gasteiger partial charge in [-0.2, -0.15) is 0 Å². The van der Waals surface area contributed by atoms with E-state index in [1.807, 2.05) is 27.7 Å². The van der Waals surface area contributed by atoms with E-state index in [1.54, 1.807) is 7.11 Å². The Morgan fingerprint density at radius 2 is 1.70 bits per heavy atom. The number of hydrogen-bond donors (Lipinski definition) is 1. The number of anilines is 1. The highest BCUT2D eigenvalue weighted by atomic mass is 16.5. The summed E-state index contributed by atoms with van der Waals surface area (Å²) in [5.74, 6) is 0.421. The molecule has 0 radical (unpaired) electrons. The Balaban J connectivity index is 1.54. The van der Waals surface area contributed by atoms with Crippen LogP contribution in [-0.4, -0.2) is 53.3 Å². The fourth-order valence-corrected chi connectivity index (χ4v) is 7.18. The Hall–Kier alpha value is -3.42. The first-order chi connectivity index (χ1) is 22.1. The number of carboxylic acid groups (broad SMARTS) is 1. The number of rotatable bonds is 9. The number of fused-ring (bicyclic) bond motifs is 1. The van der Waals surface area contributed by atoms with Gasteiger partial charge in [-0.15, -0.1) is 0 Å². The van der Waals surface area contributed by atoms with Gasteiger partial charge in [-0.3, -0.25) is 9.88 Å². The third-order valence-electron chi connectivity index (χ3n) is 9.92. The molecule has 1 atom stereocenters. The molecule has 1 fully saturated rings. The fourth-order valence-electron chi connectivity index (χ4n) is 7.18. The van der Waals surface area contributed by atoms with Crippen LogP contribution < -0.4 is 9.64 Å². The SMILES string of the molecule is COc1ccc(C(C)C)cc1CN1CCc2cc(-c3c(C)nc(C)c([C@H](OC(C)(C)C)C(=O)O)c3N3CCC(C)(C)CC3)ccc2C1. The normalized spacial score (nSPS) is 17.5. The molecule has 3 aromatic rings. The number of piperidine rings is 1. The Bertz CT molecular complexity index is 1610. The molecule has 0 amide bonds. The Labute approximate surface area is 282 Å². The lowest BCUT2D eigenvalue weighted by molar-refractivity contribution is -0.160. The molecule has 0 spiro atoms. The Morgan fingerprint density at radius 3 is 2.32 bits per heavy atom. The van der Waals surface area contributed by atoms with Crippen LogP contribution in [0.25, 0.3) is 11.1 Å². The monoisotopic (exact) mass is 641 g/mol. The van der Waals surface area contributed by atoms with Gasteiger partial charge in [0.15, 0.2) is 6.10 Å². The van der Waals surface area contributed by atoms with Crippen molar-refractivity contribution < 1.29 is 19.4 Å². The van der Waals surface area contributed by atoms with Gasteiger partial charge < -0.3 is 19.5 Å². The molecule has 3 heterocycles. The summed E-state index contributed by atoms with van der Waals surface area (Å²) in [7, 11) is 1.75. The number of hydrogen-bond acceptors (Lipinski definition) is 6. The lowest BCUT2D eigenvalue weighted by Crippen LogP contribution is -2.39. The van der Waals surface area contributed by atoms with Crippen LogP contribution >= 0.6 is 0 Å². The predicted molar refractivity (Wildman–Crippen MR) is 190 cm³/mol. The maximum atomic E-state index is 12.9. The zero-order valence-corrected chi connectivity index (χ0v) is 30.3. The molecule has 1 aromatic heterocycles. The van der Waals surface area contributed by atoms with Gasteiger partial charge in [0, 0.05) is 60.8 Å². The highest BCUT2D eigenvalue weighted by molar-refractivity contribution is 5.88. The molecular formula is C40H55N3O4. The van der Waals surface area contributed by atoms with Crippen molar-refractivity contribution in [3.05, 3.63) is 75.6 Å². The van der Waals surface area contributed by atoms with E-state index in [0.29, 0.717) is 17.2 Å². The number of nitrogens with zero attached hydrogens (tertiary/aromatic N) is 3. The molecule has 5 rings (SSSR count). The summed E-state index contributed by atoms with van der Waals surface area (Å²) in [5, 5.41) is 10.5. The van der Waals surface area contributed by atoms with Crippen LogP contribution in [0.3, 0.4) is 0 Å². The van der Waals surface area contributed by atoms with Crippen LogP contribution in [-0.2, 0) is 29.0 Å². The molecule has 0 saturated carbocycles. The van der Waals surface area contributed by atoms with Gasteiger partial charge >= 0.3 is 5.97 Å². The first-order valence-electron chi connectivity index (χ1n) is 17.2. The maximum absolute atomic E-state index is 12.9. The van der Waals surface area contributed by atoms with Gasteiger partial charge in [0.2, 0.25) is 0 Å². The quantitative estimate of drug-likeness (QED) is 0.251. The summed E-state index contributed by atoms with van der Waals surface area (Å²) in [6.07, 6.45) is 1.90. The molecule has 0 unspecified atom stereocenters. The van der Waals surface area contributed by atoms with Crippen LogP contribution in [0.1, 0.15) is 113 Å². The number of methoxy groups -OCH3 is 1. The zero-order valence-electron chi connectivity index (χ0n) is 30.3. The second-order valence-electron chi connectivity index (χ2n) is 15.7. The van der Waals surface area contributed by atoms with Gasteiger partial charge in [-0.1, -0.05) is 58.0 Å². The first kappa shape index (κ1) is 34.9. The lowest BCUT2D eigenvalue weighted by Gasteiger charge is -2.41. The van der Waals surface area contributed by atoms with E-state index in [0.717, 1.165) is 80.2 Å². The summed E-state index contributed by atoms with van der Waals surface area (Å²) in [5.41, 5.74) is 10.2. The molecule has 2 aromatic carbocycles. The number of aromatic nitrogens is 1. The molecule has 0 aliphatic carbocycles. The molecule has 2 aliphatic heterocycles. The van der Waals surface area contributed by atoms with Crippen molar-refractivity contribution in [1.29, 1.82) is 0 Å². The molecule has 1 N–H and O–H groups in total. The van der Waals surface area contributed by atoms with Crippen molar-refractivity contribution in [3.63, 3.8) is 0 Å². The smallest absolute Gasteiger partial charge is 0.337 e. The summed E-state index contributed by atoms with van der Waals surface area (Å²) >= 11 is 0. The minimum absolute atomic E-state index is 0.250. The first-order valence-corrected chi connectivity index (χ1v) is 17.2. The van der Waals surface area contributed by atoms with Crippen molar-refractivity contribution in [2.24, 2.45) is 5.41 Å². The predicted octanol–water partition coefficient (Wildman–Crippen LogP) is 8.62. The van der Waals surface area contributed by atoms with Gasteiger partial charge in [0.05, 0.1) is 18.4 Å². The highest BCUT2D eigenvalue weighted by Crippen LogP contribution is 2.45. The van der Waals surface area contributed by atoms with Crippen molar-refractivity contribution in [1.82, 2.24) is 9.88 Å². The summed E-state index contributed by atoms with van der Waals surface area (Å²) < 4.78 is 12.0. The van der Waals surface area contributed by atoms with Gasteiger partial charge in [-0.05, 0) is 93.5 Å². The summed E-state index contributed by atoms with van der Waals surface area (Å²) in [4.78, 5) is 22.8. The van der Waals surface area contributed by atoms with Gasteiger partial charge in [0.1, 0.15) is 5.75 Å². The number of carbonyl (C=O) groups is 1. The second kappa shape index (κ2) is 13.6. The molecule has 0 bridgehead atoms. The van der Waals surface area contributed by atoms with Crippen LogP contribution in [0.15, 0.2) is 36.4 Å². The molecular weight excluding hydrogens is 586 g/mol. The largest absolute Gasteiger partial charge is 0.496 e. The number of ether oxygens (including phenoxy) is 2. The van der Waals surface area contributed by atoms with Crippen LogP contribution in [0.5, 0.6) is 5.75 Å². The van der Waals surface area contributed by atoms with Crippen LogP contribution in [0.2, 0.25) is 0 Å². The summed E-state index contributed by atoms with van der Waals surface area (Å²) in [6, 6.07) is 13.4. The van der Waals surface area contributed by atoms with Crippen LogP contribution in [0.4, 0.5) is 5.69 Å². The van der Waals surface area contributed by atoms with Crippen molar-refractivity contribution in [3.8, 4) is 16.9 Å². The molecule has 2 aliphatic rings. The number of aliphatic carboxylic acids is 1. The lowest BCUT2D eigenvalue weighted by atomic mass is 9.81.